The number of hydrogen-bond donors (Lipinski definition) is 4. The maximum Gasteiger partial charge on any atom is 0.573 e. The molecular formula is C20H17BrF3N5O4. The van der Waals surface area contributed by atoms with E-state index < -0.39 is 35.4 Å². The number of aliphatic imine (C=N–C) groups is 1. The molecule has 0 aliphatic carbocycles. The Kier molecular flexibility index (Phi) is 6.74. The second kappa shape index (κ2) is 9.19. The highest BCUT2D eigenvalue weighted by atomic mass is 79.9. The van der Waals surface area contributed by atoms with Gasteiger partial charge in [0.25, 0.3) is 11.8 Å². The molecule has 1 heterocycles. The summed E-state index contributed by atoms with van der Waals surface area (Å²) in [5.41, 5.74) is 4.32. The smallest absolute Gasteiger partial charge is 0.406 e. The second-order valence-electron chi connectivity index (χ2n) is 6.76. The zero-order valence-electron chi connectivity index (χ0n) is 16.9. The zero-order chi connectivity index (χ0) is 24.4. The van der Waals surface area contributed by atoms with Crippen molar-refractivity contribution in [2.24, 2.45) is 10.7 Å². The second-order valence-corrected chi connectivity index (χ2v) is 7.61. The standard InChI is InChI=1S/C20H17BrF3N5O4/c1-26-17(31)15-19(18(25)32,28-9-27-15)10-2-4-11(5-3-10)29-16(30)13-8-12(6-7-14(13)21)33-20(22,23)24/h2-8,28H,9H2,1H3,(H2,25,32)(H,26,31)(H,29,30). The Morgan fingerprint density at radius 3 is 2.39 bits per heavy atom. The molecule has 1 aliphatic rings. The average molecular weight is 528 g/mol. The number of amides is 3. The van der Waals surface area contributed by atoms with Gasteiger partial charge in [-0.3, -0.25) is 24.7 Å². The van der Waals surface area contributed by atoms with Crippen molar-refractivity contribution in [1.29, 1.82) is 0 Å². The van der Waals surface area contributed by atoms with E-state index >= 15 is 0 Å². The molecule has 1 aliphatic heterocycles. The van der Waals surface area contributed by atoms with E-state index in [1.54, 1.807) is 0 Å². The molecule has 5 N–H and O–H groups in total. The van der Waals surface area contributed by atoms with Crippen molar-refractivity contribution in [3.05, 3.63) is 58.1 Å². The molecule has 0 spiro atoms. The third kappa shape index (κ3) is 4.98. The Labute approximate surface area is 193 Å². The molecule has 13 heteroatoms. The Hall–Kier alpha value is -3.45. The molecule has 0 saturated carbocycles. The molecule has 3 amide bonds. The van der Waals surface area contributed by atoms with Crippen LogP contribution in [0.25, 0.3) is 0 Å². The van der Waals surface area contributed by atoms with Gasteiger partial charge >= 0.3 is 6.36 Å². The lowest BCUT2D eigenvalue weighted by atomic mass is 9.84. The summed E-state index contributed by atoms with van der Waals surface area (Å²) < 4.78 is 41.5. The van der Waals surface area contributed by atoms with E-state index in [-0.39, 0.29) is 28.1 Å². The van der Waals surface area contributed by atoms with Crippen molar-refractivity contribution in [2.75, 3.05) is 19.0 Å². The number of halogens is 4. The summed E-state index contributed by atoms with van der Waals surface area (Å²) in [4.78, 5) is 41.1. The first-order chi connectivity index (χ1) is 15.5. The van der Waals surface area contributed by atoms with Gasteiger partial charge < -0.3 is 21.1 Å². The van der Waals surface area contributed by atoms with Crippen LogP contribution in [0, 0.1) is 0 Å². The minimum absolute atomic E-state index is 0.00541. The average Bonchev–Trinajstić information content (AvgIpc) is 3.20. The van der Waals surface area contributed by atoms with Gasteiger partial charge in [-0.25, -0.2) is 0 Å². The number of nitrogens with zero attached hydrogens (tertiary/aromatic N) is 1. The first-order valence-corrected chi connectivity index (χ1v) is 10.1. The highest BCUT2D eigenvalue weighted by Crippen LogP contribution is 2.30. The molecule has 1 atom stereocenters. The fourth-order valence-corrected chi connectivity index (χ4v) is 3.69. The minimum Gasteiger partial charge on any atom is -0.406 e. The molecule has 0 radical (unpaired) electrons. The number of alkyl halides is 3. The van der Waals surface area contributed by atoms with E-state index in [0.29, 0.717) is 5.56 Å². The molecule has 2 aromatic rings. The van der Waals surface area contributed by atoms with Crippen molar-refractivity contribution in [1.82, 2.24) is 10.6 Å². The van der Waals surface area contributed by atoms with Gasteiger partial charge in [-0.15, -0.1) is 13.2 Å². The van der Waals surface area contributed by atoms with Crippen LogP contribution in [0.15, 0.2) is 51.9 Å². The quantitative estimate of drug-likeness (QED) is 0.455. The maximum absolute atomic E-state index is 12.6. The zero-order valence-corrected chi connectivity index (χ0v) is 18.5. The van der Waals surface area contributed by atoms with Crippen LogP contribution >= 0.6 is 15.9 Å². The fourth-order valence-electron chi connectivity index (χ4n) is 3.26. The van der Waals surface area contributed by atoms with Crippen LogP contribution in [-0.2, 0) is 15.1 Å². The number of nitrogens with two attached hydrogens (primary N) is 1. The van der Waals surface area contributed by atoms with Crippen molar-refractivity contribution in [3.8, 4) is 5.75 Å². The summed E-state index contributed by atoms with van der Waals surface area (Å²) in [5, 5.41) is 7.78. The van der Waals surface area contributed by atoms with Gasteiger partial charge in [0.15, 0.2) is 5.54 Å². The van der Waals surface area contributed by atoms with Gasteiger partial charge in [0.1, 0.15) is 11.5 Å². The van der Waals surface area contributed by atoms with E-state index in [2.05, 4.69) is 41.6 Å². The number of primary amides is 1. The summed E-state index contributed by atoms with van der Waals surface area (Å²) in [6, 6.07) is 9.09. The molecule has 174 valence electrons. The summed E-state index contributed by atoms with van der Waals surface area (Å²) in [6.07, 6.45) is -4.90. The molecule has 33 heavy (non-hydrogen) atoms. The first kappa shape index (κ1) is 24.2. The summed E-state index contributed by atoms with van der Waals surface area (Å²) in [7, 11) is 1.39. The number of anilines is 1. The molecule has 3 rings (SSSR count). The number of ether oxygens (including phenoxy) is 1. The Bertz CT molecular complexity index is 1140. The summed E-state index contributed by atoms with van der Waals surface area (Å²) in [6.45, 7) is -0.00541. The van der Waals surface area contributed by atoms with Gasteiger partial charge in [-0.2, -0.15) is 0 Å². The third-order valence-electron chi connectivity index (χ3n) is 4.74. The maximum atomic E-state index is 12.6. The minimum atomic E-state index is -4.90. The van der Waals surface area contributed by atoms with Crippen molar-refractivity contribution < 1.29 is 32.3 Å². The third-order valence-corrected chi connectivity index (χ3v) is 5.43. The lowest BCUT2D eigenvalue weighted by molar-refractivity contribution is -0.274. The molecule has 0 fully saturated rings. The highest BCUT2D eigenvalue weighted by molar-refractivity contribution is 9.10. The van der Waals surface area contributed by atoms with Gasteiger partial charge in [0, 0.05) is 17.2 Å². The van der Waals surface area contributed by atoms with Crippen molar-refractivity contribution >= 4 is 45.1 Å². The van der Waals surface area contributed by atoms with Crippen LogP contribution in [0.4, 0.5) is 18.9 Å². The molecule has 1 unspecified atom stereocenters. The summed E-state index contributed by atoms with van der Waals surface area (Å²) >= 11 is 3.12. The van der Waals surface area contributed by atoms with E-state index in [9.17, 15) is 27.6 Å². The van der Waals surface area contributed by atoms with Gasteiger partial charge in [-0.05, 0) is 51.8 Å². The largest absolute Gasteiger partial charge is 0.573 e. The number of rotatable bonds is 6. The van der Waals surface area contributed by atoms with Crippen LogP contribution in [-0.4, -0.2) is 43.5 Å². The van der Waals surface area contributed by atoms with Crippen molar-refractivity contribution in [2.45, 2.75) is 11.9 Å². The van der Waals surface area contributed by atoms with Crippen molar-refractivity contribution in [3.63, 3.8) is 0 Å². The van der Waals surface area contributed by atoms with Gasteiger partial charge in [-0.1, -0.05) is 12.1 Å². The number of nitrogens with one attached hydrogen (secondary N) is 3. The van der Waals surface area contributed by atoms with E-state index in [0.717, 1.165) is 12.1 Å². The molecule has 0 bridgehead atoms. The highest BCUT2D eigenvalue weighted by Gasteiger charge is 2.49. The summed E-state index contributed by atoms with van der Waals surface area (Å²) in [5.74, 6) is -2.69. The van der Waals surface area contributed by atoms with Crippen LogP contribution in [0.3, 0.4) is 0 Å². The van der Waals surface area contributed by atoms with Crippen LogP contribution in [0.1, 0.15) is 15.9 Å². The molecule has 0 aromatic heterocycles. The van der Waals surface area contributed by atoms with Crippen LogP contribution < -0.4 is 26.4 Å². The molecule has 2 aromatic carbocycles. The normalized spacial score (nSPS) is 17.8. The number of benzene rings is 2. The predicted octanol–water partition coefficient (Wildman–Crippen LogP) is 2.03. The number of carbonyl (C=O) groups excluding carboxylic acids is 3. The lowest BCUT2D eigenvalue weighted by Gasteiger charge is -2.27. The Morgan fingerprint density at radius 1 is 1.15 bits per heavy atom. The SMILES string of the molecule is CNC(=O)C1=NCNC1(C(N)=O)c1ccc(NC(=O)c2cc(OC(F)(F)F)ccc2Br)cc1. The Balaban J connectivity index is 1.85. The lowest BCUT2D eigenvalue weighted by Crippen LogP contribution is -2.58. The van der Waals surface area contributed by atoms with E-state index in [1.165, 1.54) is 37.4 Å². The molecular weight excluding hydrogens is 511 g/mol. The first-order valence-electron chi connectivity index (χ1n) is 9.27. The molecule has 9 nitrogen and oxygen atoms in total. The van der Waals surface area contributed by atoms with Gasteiger partial charge in [0.2, 0.25) is 5.91 Å². The topological polar surface area (TPSA) is 135 Å². The fraction of sp³-hybridized carbons (Fsp3) is 0.200. The number of carbonyl (C=O) groups is 3. The number of hydrogen-bond acceptors (Lipinski definition) is 6. The van der Waals surface area contributed by atoms with Crippen LogP contribution in [0.2, 0.25) is 0 Å². The van der Waals surface area contributed by atoms with Gasteiger partial charge in [0.05, 0.1) is 12.2 Å². The predicted molar refractivity (Wildman–Crippen MR) is 116 cm³/mol. The monoisotopic (exact) mass is 527 g/mol. The molecule has 0 saturated heterocycles. The Morgan fingerprint density at radius 2 is 1.82 bits per heavy atom. The van der Waals surface area contributed by atoms with E-state index in [1.807, 2.05) is 0 Å². The van der Waals surface area contributed by atoms with Crippen LogP contribution in [0.5, 0.6) is 5.75 Å². The van der Waals surface area contributed by atoms with E-state index in [4.69, 9.17) is 5.73 Å².